The molecule has 0 aliphatic rings. The molecule has 4 aromatic rings. The van der Waals surface area contributed by atoms with Gasteiger partial charge in [-0.05, 0) is 67.3 Å². The van der Waals surface area contributed by atoms with Crippen molar-refractivity contribution < 1.29 is 4.79 Å². The number of nitrogens with one attached hydrogen (secondary N) is 1. The van der Waals surface area contributed by atoms with Gasteiger partial charge in [0.15, 0.2) is 5.82 Å². The maximum absolute atomic E-state index is 12.8. The van der Waals surface area contributed by atoms with Crippen LogP contribution in [0.1, 0.15) is 21.5 Å². The Labute approximate surface area is 205 Å². The predicted octanol–water partition coefficient (Wildman–Crippen LogP) is 6.26. The van der Waals surface area contributed by atoms with E-state index in [9.17, 15) is 4.79 Å². The zero-order valence-electron chi connectivity index (χ0n) is 15.9. The first-order valence-electron chi connectivity index (χ1n) is 9.12. The minimum atomic E-state index is -0.251. The van der Waals surface area contributed by atoms with E-state index in [1.54, 1.807) is 40.0 Å². The zero-order chi connectivity index (χ0) is 22.0. The quantitative estimate of drug-likeness (QED) is 0.291. The van der Waals surface area contributed by atoms with Crippen molar-refractivity contribution in [3.8, 4) is 0 Å². The van der Waals surface area contributed by atoms with E-state index in [-0.39, 0.29) is 5.91 Å². The van der Waals surface area contributed by atoms with Gasteiger partial charge in [-0.15, -0.1) is 0 Å². The molecule has 0 atom stereocenters. The largest absolute Gasteiger partial charge is 0.304 e. The molecule has 0 aliphatic carbocycles. The van der Waals surface area contributed by atoms with Crippen molar-refractivity contribution in [2.24, 2.45) is 0 Å². The number of halogens is 4. The van der Waals surface area contributed by atoms with Gasteiger partial charge in [0.05, 0.1) is 28.2 Å². The van der Waals surface area contributed by atoms with Crippen LogP contribution in [0.4, 0.5) is 5.82 Å². The number of carbonyl (C=O) groups excluding carboxylic acids is 1. The van der Waals surface area contributed by atoms with Gasteiger partial charge in [0, 0.05) is 28.0 Å². The third-order valence-corrected chi connectivity index (χ3v) is 6.01. The number of aromatic nitrogens is 4. The van der Waals surface area contributed by atoms with Crippen LogP contribution in [0.3, 0.4) is 0 Å². The highest BCUT2D eigenvalue weighted by Crippen LogP contribution is 2.25. The number of amides is 1. The summed E-state index contributed by atoms with van der Waals surface area (Å²) < 4.78 is 5.06. The average molecular weight is 584 g/mol. The Kier molecular flexibility index (Phi) is 6.81. The molecule has 6 nitrogen and oxygen atoms in total. The van der Waals surface area contributed by atoms with Crippen molar-refractivity contribution in [2.45, 2.75) is 13.1 Å². The minimum absolute atomic E-state index is 0.251. The molecule has 2 aromatic heterocycles. The number of carbonyl (C=O) groups is 1. The van der Waals surface area contributed by atoms with Gasteiger partial charge < -0.3 is 5.32 Å². The van der Waals surface area contributed by atoms with E-state index in [4.69, 9.17) is 23.2 Å². The molecular weight excluding hydrogens is 569 g/mol. The maximum Gasteiger partial charge on any atom is 0.256 e. The number of hydrogen-bond acceptors (Lipinski definition) is 3. The third-order valence-electron chi connectivity index (χ3n) is 4.43. The molecule has 10 heteroatoms. The van der Waals surface area contributed by atoms with Gasteiger partial charge in [-0.25, -0.2) is 0 Å². The van der Waals surface area contributed by atoms with Gasteiger partial charge in [0.25, 0.3) is 5.91 Å². The molecule has 0 saturated carbocycles. The van der Waals surface area contributed by atoms with Gasteiger partial charge in [-0.3, -0.25) is 14.2 Å². The molecule has 2 heterocycles. The summed E-state index contributed by atoms with van der Waals surface area (Å²) in [4.78, 5) is 12.8. The highest BCUT2D eigenvalue weighted by atomic mass is 79.9. The van der Waals surface area contributed by atoms with Crippen molar-refractivity contribution in [1.29, 1.82) is 0 Å². The highest BCUT2D eigenvalue weighted by molar-refractivity contribution is 9.10. The van der Waals surface area contributed by atoms with Gasteiger partial charge in [-0.1, -0.05) is 41.4 Å². The van der Waals surface area contributed by atoms with Crippen molar-refractivity contribution >= 4 is 66.8 Å². The molecule has 0 unspecified atom stereocenters. The van der Waals surface area contributed by atoms with Crippen LogP contribution in [-0.4, -0.2) is 25.5 Å². The molecule has 0 fully saturated rings. The molecule has 31 heavy (non-hydrogen) atoms. The zero-order valence-corrected chi connectivity index (χ0v) is 20.6. The summed E-state index contributed by atoms with van der Waals surface area (Å²) in [7, 11) is 0. The van der Waals surface area contributed by atoms with Crippen LogP contribution in [0.5, 0.6) is 0 Å². The number of nitrogens with zero attached hydrogens (tertiary/aromatic N) is 4. The van der Waals surface area contributed by atoms with Crippen molar-refractivity contribution in [3.63, 3.8) is 0 Å². The molecule has 0 aliphatic heterocycles. The van der Waals surface area contributed by atoms with Crippen LogP contribution in [0.25, 0.3) is 0 Å². The Balaban J connectivity index is 1.47. The fraction of sp³-hybridized carbons (Fsp3) is 0.0952. The topological polar surface area (TPSA) is 64.7 Å². The molecule has 158 valence electrons. The molecular formula is C21H15Br2Cl2N5O. The van der Waals surface area contributed by atoms with E-state index in [0.29, 0.717) is 39.0 Å². The number of benzene rings is 2. The summed E-state index contributed by atoms with van der Waals surface area (Å²) in [6.45, 7) is 1.01. The molecule has 0 radical (unpaired) electrons. The molecule has 0 spiro atoms. The lowest BCUT2D eigenvalue weighted by atomic mass is 10.1. The minimum Gasteiger partial charge on any atom is -0.304 e. The fourth-order valence-electron chi connectivity index (χ4n) is 2.99. The van der Waals surface area contributed by atoms with E-state index >= 15 is 0 Å². The third kappa shape index (κ3) is 5.57. The van der Waals surface area contributed by atoms with Crippen LogP contribution in [0.15, 0.2) is 70.0 Å². The maximum atomic E-state index is 12.8. The van der Waals surface area contributed by atoms with Crippen LogP contribution in [0.2, 0.25) is 10.0 Å². The second-order valence-corrected chi connectivity index (χ2v) is 9.38. The first-order chi connectivity index (χ1) is 14.9. The molecule has 0 bridgehead atoms. The van der Waals surface area contributed by atoms with Crippen LogP contribution < -0.4 is 5.32 Å². The first kappa shape index (κ1) is 22.1. The summed E-state index contributed by atoms with van der Waals surface area (Å²) in [5.41, 5.74) is 2.37. The van der Waals surface area contributed by atoms with E-state index in [1.165, 1.54) is 0 Å². The van der Waals surface area contributed by atoms with E-state index < -0.39 is 0 Å². The summed E-state index contributed by atoms with van der Waals surface area (Å²) in [5, 5.41) is 12.7. The van der Waals surface area contributed by atoms with E-state index in [2.05, 4.69) is 47.4 Å². The average Bonchev–Trinajstić information content (AvgIpc) is 3.29. The Morgan fingerprint density at radius 2 is 1.87 bits per heavy atom. The van der Waals surface area contributed by atoms with Gasteiger partial charge in [-0.2, -0.15) is 10.2 Å². The molecule has 0 saturated heterocycles. The SMILES string of the molecule is O=C(Nc1nn(Cc2ccc(Cl)cc2Cl)cc1Br)c1cccc(Cn2cc(Br)cn2)c1. The van der Waals surface area contributed by atoms with E-state index in [1.807, 2.05) is 30.5 Å². The van der Waals surface area contributed by atoms with Gasteiger partial charge in [0.2, 0.25) is 0 Å². The second kappa shape index (κ2) is 9.56. The van der Waals surface area contributed by atoms with Crippen molar-refractivity contribution in [1.82, 2.24) is 19.6 Å². The number of anilines is 1. The lowest BCUT2D eigenvalue weighted by molar-refractivity contribution is 0.102. The van der Waals surface area contributed by atoms with Crippen LogP contribution in [0, 0.1) is 0 Å². The number of rotatable bonds is 6. The Hall–Kier alpha value is -2.13. The Morgan fingerprint density at radius 1 is 1.03 bits per heavy atom. The normalized spacial score (nSPS) is 11.0. The summed E-state index contributed by atoms with van der Waals surface area (Å²) in [6, 6.07) is 12.7. The van der Waals surface area contributed by atoms with Crippen LogP contribution >= 0.6 is 55.1 Å². The molecule has 1 amide bonds. The van der Waals surface area contributed by atoms with Gasteiger partial charge >= 0.3 is 0 Å². The second-order valence-electron chi connectivity index (χ2n) is 6.77. The molecule has 4 rings (SSSR count). The summed E-state index contributed by atoms with van der Waals surface area (Å²) in [5.74, 6) is 0.176. The summed E-state index contributed by atoms with van der Waals surface area (Å²) >= 11 is 19.0. The van der Waals surface area contributed by atoms with E-state index in [0.717, 1.165) is 15.6 Å². The monoisotopic (exact) mass is 581 g/mol. The highest BCUT2D eigenvalue weighted by Gasteiger charge is 2.14. The number of hydrogen-bond donors (Lipinski definition) is 1. The first-order valence-corrected chi connectivity index (χ1v) is 11.5. The lowest BCUT2D eigenvalue weighted by Gasteiger charge is -2.07. The molecule has 2 aromatic carbocycles. The smallest absolute Gasteiger partial charge is 0.256 e. The van der Waals surface area contributed by atoms with Gasteiger partial charge in [0.1, 0.15) is 0 Å². The van der Waals surface area contributed by atoms with Crippen LogP contribution in [-0.2, 0) is 13.1 Å². The molecule has 1 N–H and O–H groups in total. The predicted molar refractivity (Wildman–Crippen MR) is 129 cm³/mol. The lowest BCUT2D eigenvalue weighted by Crippen LogP contribution is -2.14. The standard InChI is InChI=1S/C21H15Br2Cl2N5O/c22-16-8-26-29(11-16)9-13-2-1-3-14(6-13)21(31)27-20-18(23)12-30(28-20)10-15-4-5-17(24)7-19(15)25/h1-8,11-12H,9-10H2,(H,27,28,31). The van der Waals surface area contributed by atoms with Crippen molar-refractivity contribution in [3.05, 3.63) is 96.7 Å². The summed E-state index contributed by atoms with van der Waals surface area (Å²) in [6.07, 6.45) is 5.39. The fourth-order valence-corrected chi connectivity index (χ4v) is 4.20. The van der Waals surface area contributed by atoms with Crippen molar-refractivity contribution in [2.75, 3.05) is 5.32 Å². The Bertz CT molecular complexity index is 1250. The Morgan fingerprint density at radius 3 is 2.61 bits per heavy atom.